The number of halogens is 2. The van der Waals surface area contributed by atoms with Gasteiger partial charge in [0.15, 0.2) is 5.75 Å². The molecule has 2 aromatic rings. The number of hydrogen-bond acceptors (Lipinski definition) is 5. The van der Waals surface area contributed by atoms with Gasteiger partial charge in [0.2, 0.25) is 17.1 Å². The second kappa shape index (κ2) is 5.25. The Balaban J connectivity index is 2.66. The van der Waals surface area contributed by atoms with E-state index in [-0.39, 0.29) is 11.6 Å². The second-order valence-corrected chi connectivity index (χ2v) is 5.31. The van der Waals surface area contributed by atoms with Crippen LogP contribution < -0.4 is 10.2 Å². The summed E-state index contributed by atoms with van der Waals surface area (Å²) in [4.78, 5) is 33.6. The van der Waals surface area contributed by atoms with Crippen molar-refractivity contribution in [3.8, 4) is 5.75 Å². The van der Waals surface area contributed by atoms with Gasteiger partial charge in [-0.2, -0.15) is 8.78 Å². The Labute approximate surface area is 132 Å². The fourth-order valence-corrected chi connectivity index (χ4v) is 2.65. The van der Waals surface area contributed by atoms with Gasteiger partial charge in [0.25, 0.3) is 0 Å². The summed E-state index contributed by atoms with van der Waals surface area (Å²) in [5.74, 6) is -5.76. The van der Waals surface area contributed by atoms with E-state index in [0.717, 1.165) is 13.3 Å². The molecule has 1 heterocycles. The Morgan fingerprint density at radius 2 is 2.04 bits per heavy atom. The molecule has 3 rings (SSSR count). The van der Waals surface area contributed by atoms with Gasteiger partial charge in [-0.05, 0) is 12.8 Å². The van der Waals surface area contributed by atoms with Gasteiger partial charge in [-0.1, -0.05) is 0 Å². The fourth-order valence-electron chi connectivity index (χ4n) is 2.65. The molecule has 10 heteroatoms. The lowest BCUT2D eigenvalue weighted by Crippen LogP contribution is -2.21. The summed E-state index contributed by atoms with van der Waals surface area (Å²) in [6, 6.07) is -0.274. The molecule has 0 spiro atoms. The van der Waals surface area contributed by atoms with Gasteiger partial charge in [-0.25, -0.2) is 4.79 Å². The molecule has 1 aromatic carbocycles. The lowest BCUT2D eigenvalue weighted by molar-refractivity contribution is -0.386. The number of pyridine rings is 1. The van der Waals surface area contributed by atoms with Crippen molar-refractivity contribution in [1.82, 2.24) is 4.57 Å². The second-order valence-electron chi connectivity index (χ2n) is 5.31. The van der Waals surface area contributed by atoms with E-state index in [0.29, 0.717) is 12.8 Å². The SMILES string of the molecule is COc1c(F)c(F)c([N+](=O)[O-])c2c(=O)c(C(=O)O)cn(C3CC3)c12. The number of methoxy groups -OCH3 is 1. The number of rotatable bonds is 4. The van der Waals surface area contributed by atoms with Crippen LogP contribution in [0.4, 0.5) is 14.5 Å². The van der Waals surface area contributed by atoms with Crippen LogP contribution in [0.3, 0.4) is 0 Å². The molecule has 0 atom stereocenters. The Morgan fingerprint density at radius 3 is 2.50 bits per heavy atom. The van der Waals surface area contributed by atoms with Crippen LogP contribution in [0.1, 0.15) is 29.2 Å². The van der Waals surface area contributed by atoms with Crippen LogP contribution in [-0.4, -0.2) is 27.7 Å². The first-order valence-corrected chi connectivity index (χ1v) is 6.81. The number of nitro groups is 1. The molecule has 0 radical (unpaired) electrons. The number of benzene rings is 1. The number of ether oxygens (including phenoxy) is 1. The maximum Gasteiger partial charge on any atom is 0.341 e. The molecule has 126 valence electrons. The molecule has 1 aliphatic carbocycles. The van der Waals surface area contributed by atoms with Crippen LogP contribution in [-0.2, 0) is 0 Å². The van der Waals surface area contributed by atoms with Gasteiger partial charge >= 0.3 is 11.7 Å². The van der Waals surface area contributed by atoms with Crippen molar-refractivity contribution in [2.45, 2.75) is 18.9 Å². The van der Waals surface area contributed by atoms with Crippen molar-refractivity contribution in [2.75, 3.05) is 7.11 Å². The van der Waals surface area contributed by atoms with Crippen LogP contribution in [0.15, 0.2) is 11.0 Å². The Kier molecular flexibility index (Phi) is 3.47. The Hall–Kier alpha value is -3.04. The standard InChI is InChI=1S/C14H10F2N2O6/c1-24-13-9(16)8(15)10(18(22)23)7-11(13)17(5-2-3-5)4-6(12(7)19)14(20)21/h4-5H,2-3H2,1H3,(H,20,21). The molecule has 0 amide bonds. The molecule has 1 aromatic heterocycles. The summed E-state index contributed by atoms with van der Waals surface area (Å²) in [5, 5.41) is 19.5. The molecule has 0 aliphatic heterocycles. The van der Waals surface area contributed by atoms with Crippen LogP contribution in [0.25, 0.3) is 10.9 Å². The fraction of sp³-hybridized carbons (Fsp3) is 0.286. The number of fused-ring (bicyclic) bond motifs is 1. The van der Waals surface area contributed by atoms with E-state index in [1.807, 2.05) is 0 Å². The number of aromatic carboxylic acids is 1. The average molecular weight is 340 g/mol. The highest BCUT2D eigenvalue weighted by molar-refractivity contribution is 5.98. The third-order valence-electron chi connectivity index (χ3n) is 3.84. The predicted octanol–water partition coefficient (Wildman–Crippen LogP) is 2.23. The number of hydrogen-bond donors (Lipinski definition) is 1. The lowest BCUT2D eigenvalue weighted by Gasteiger charge is -2.15. The Morgan fingerprint density at radius 1 is 1.42 bits per heavy atom. The topological polar surface area (TPSA) is 112 Å². The van der Waals surface area contributed by atoms with Gasteiger partial charge in [0.05, 0.1) is 12.0 Å². The molecule has 8 nitrogen and oxygen atoms in total. The van der Waals surface area contributed by atoms with E-state index in [4.69, 9.17) is 9.84 Å². The zero-order valence-corrected chi connectivity index (χ0v) is 12.2. The van der Waals surface area contributed by atoms with Crippen molar-refractivity contribution in [2.24, 2.45) is 0 Å². The van der Waals surface area contributed by atoms with Crippen molar-refractivity contribution >= 4 is 22.6 Å². The summed E-state index contributed by atoms with van der Waals surface area (Å²) in [6.45, 7) is 0. The zero-order chi connectivity index (χ0) is 17.8. The lowest BCUT2D eigenvalue weighted by atomic mass is 10.1. The molecule has 1 aliphatic rings. The smallest absolute Gasteiger partial charge is 0.341 e. The van der Waals surface area contributed by atoms with E-state index in [2.05, 4.69) is 0 Å². The van der Waals surface area contributed by atoms with E-state index < -0.39 is 50.3 Å². The number of carbonyl (C=O) groups is 1. The molecular formula is C14H10F2N2O6. The number of nitro benzene ring substituents is 1. The van der Waals surface area contributed by atoms with Gasteiger partial charge in [-0.15, -0.1) is 0 Å². The minimum absolute atomic E-state index is 0.274. The van der Waals surface area contributed by atoms with Crippen molar-refractivity contribution < 1.29 is 28.3 Å². The Bertz CT molecular complexity index is 964. The maximum absolute atomic E-state index is 14.2. The van der Waals surface area contributed by atoms with E-state index in [1.54, 1.807) is 0 Å². The highest BCUT2D eigenvalue weighted by Gasteiger charge is 2.36. The highest BCUT2D eigenvalue weighted by atomic mass is 19.2. The first-order valence-electron chi connectivity index (χ1n) is 6.81. The summed E-state index contributed by atoms with van der Waals surface area (Å²) in [6.07, 6.45) is 2.19. The van der Waals surface area contributed by atoms with Crippen molar-refractivity contribution in [3.05, 3.63) is 43.7 Å². The summed E-state index contributed by atoms with van der Waals surface area (Å²) in [7, 11) is 1.02. The molecule has 0 unspecified atom stereocenters. The van der Waals surface area contributed by atoms with Crippen molar-refractivity contribution in [3.63, 3.8) is 0 Å². The average Bonchev–Trinajstić information content (AvgIpc) is 3.33. The molecule has 1 saturated carbocycles. The van der Waals surface area contributed by atoms with Crippen molar-refractivity contribution in [1.29, 1.82) is 0 Å². The molecule has 1 N–H and O–H groups in total. The number of nitrogens with zero attached hydrogens (tertiary/aromatic N) is 2. The zero-order valence-electron chi connectivity index (χ0n) is 12.2. The van der Waals surface area contributed by atoms with E-state index in [1.165, 1.54) is 4.57 Å². The highest BCUT2D eigenvalue weighted by Crippen LogP contribution is 2.43. The van der Waals surface area contributed by atoms with Gasteiger partial charge in [0.1, 0.15) is 16.5 Å². The van der Waals surface area contributed by atoms with Crippen LogP contribution in [0, 0.1) is 21.7 Å². The number of carboxylic acids is 1. The normalized spacial score (nSPS) is 14.0. The molecule has 1 fully saturated rings. The van der Waals surface area contributed by atoms with Crippen LogP contribution in [0.2, 0.25) is 0 Å². The summed E-state index contributed by atoms with van der Waals surface area (Å²) >= 11 is 0. The minimum Gasteiger partial charge on any atom is -0.491 e. The minimum atomic E-state index is -1.87. The summed E-state index contributed by atoms with van der Waals surface area (Å²) < 4.78 is 34.3. The largest absolute Gasteiger partial charge is 0.491 e. The molecule has 0 saturated heterocycles. The third-order valence-corrected chi connectivity index (χ3v) is 3.84. The number of carboxylic acid groups (broad SMARTS) is 1. The quantitative estimate of drug-likeness (QED) is 0.675. The first-order chi connectivity index (χ1) is 11.3. The maximum atomic E-state index is 14.2. The van der Waals surface area contributed by atoms with Gasteiger partial charge in [0, 0.05) is 12.2 Å². The number of aromatic nitrogens is 1. The van der Waals surface area contributed by atoms with Crippen LogP contribution in [0.5, 0.6) is 5.75 Å². The summed E-state index contributed by atoms with van der Waals surface area (Å²) in [5.41, 5.74) is -3.74. The van der Waals surface area contributed by atoms with E-state index in [9.17, 15) is 28.5 Å². The third kappa shape index (κ3) is 2.10. The predicted molar refractivity (Wildman–Crippen MR) is 76.6 cm³/mol. The molecule has 0 bridgehead atoms. The van der Waals surface area contributed by atoms with Gasteiger partial charge < -0.3 is 14.4 Å². The first kappa shape index (κ1) is 15.8. The van der Waals surface area contributed by atoms with E-state index >= 15 is 0 Å². The molecule has 24 heavy (non-hydrogen) atoms. The van der Waals surface area contributed by atoms with Gasteiger partial charge in [-0.3, -0.25) is 14.9 Å². The molecular weight excluding hydrogens is 330 g/mol. The monoisotopic (exact) mass is 340 g/mol. The van der Waals surface area contributed by atoms with Crippen LogP contribution >= 0.6 is 0 Å².